The van der Waals surface area contributed by atoms with Crippen LogP contribution in [0.1, 0.15) is 122 Å². The molecule has 1 atom stereocenters. The Kier molecular flexibility index (Phi) is 14.4. The van der Waals surface area contributed by atoms with Crippen LogP contribution in [-0.4, -0.2) is 34.5 Å². The summed E-state index contributed by atoms with van der Waals surface area (Å²) in [4.78, 5) is 12.7. The fraction of sp³-hybridized carbons (Fsp3) is 0.815. The summed E-state index contributed by atoms with van der Waals surface area (Å²) in [6.07, 6.45) is 30.5. The average molecular weight is 450 g/mol. The highest BCUT2D eigenvalue weighted by Gasteiger charge is 2.41. The summed E-state index contributed by atoms with van der Waals surface area (Å²) in [5, 5.41) is 2.10. The van der Waals surface area contributed by atoms with Crippen LogP contribution in [0.2, 0.25) is 0 Å². The van der Waals surface area contributed by atoms with E-state index in [0.29, 0.717) is 10.4 Å². The van der Waals surface area contributed by atoms with Crippen molar-refractivity contribution in [3.63, 3.8) is 0 Å². The SMILES string of the molecule is CCCCCCCCCCCCCCCCCC[N+]1(CN2C=CC=CS2)CCCC1=O. The van der Waals surface area contributed by atoms with Gasteiger partial charge in [-0.05, 0) is 36.3 Å². The van der Waals surface area contributed by atoms with Crippen LogP contribution in [0.5, 0.6) is 0 Å². The number of amides is 1. The first-order chi connectivity index (χ1) is 15.3. The number of rotatable bonds is 19. The van der Waals surface area contributed by atoms with E-state index in [0.717, 1.165) is 32.6 Å². The number of allylic oxidation sites excluding steroid dienone is 2. The van der Waals surface area contributed by atoms with E-state index >= 15 is 0 Å². The molecule has 0 bridgehead atoms. The van der Waals surface area contributed by atoms with Gasteiger partial charge in [-0.15, -0.1) is 0 Å². The number of hydrogen-bond donors (Lipinski definition) is 0. The zero-order valence-corrected chi connectivity index (χ0v) is 21.2. The molecule has 1 fully saturated rings. The maximum atomic E-state index is 12.7. The Morgan fingerprint density at radius 3 is 1.81 bits per heavy atom. The minimum Gasteiger partial charge on any atom is -0.270 e. The van der Waals surface area contributed by atoms with Gasteiger partial charge in [0.25, 0.3) is 0 Å². The highest BCUT2D eigenvalue weighted by molar-refractivity contribution is 8.00. The van der Waals surface area contributed by atoms with Gasteiger partial charge in [0.15, 0.2) is 6.67 Å². The highest BCUT2D eigenvalue weighted by atomic mass is 32.2. The van der Waals surface area contributed by atoms with E-state index in [2.05, 4.69) is 35.0 Å². The van der Waals surface area contributed by atoms with E-state index in [9.17, 15) is 4.79 Å². The topological polar surface area (TPSA) is 20.3 Å². The van der Waals surface area contributed by atoms with E-state index in [1.54, 1.807) is 11.9 Å². The molecule has 4 heteroatoms. The lowest BCUT2D eigenvalue weighted by atomic mass is 10.0. The Balaban J connectivity index is 1.42. The Morgan fingerprint density at radius 1 is 0.806 bits per heavy atom. The number of unbranched alkanes of at least 4 members (excludes halogenated alkanes) is 15. The van der Waals surface area contributed by atoms with Gasteiger partial charge in [-0.2, -0.15) is 0 Å². The van der Waals surface area contributed by atoms with Gasteiger partial charge in [0.2, 0.25) is 0 Å². The van der Waals surface area contributed by atoms with Crippen LogP contribution < -0.4 is 0 Å². The van der Waals surface area contributed by atoms with Crippen molar-refractivity contribution in [1.82, 2.24) is 4.31 Å². The minimum absolute atomic E-state index is 0.463. The molecule has 2 rings (SSSR count). The van der Waals surface area contributed by atoms with E-state index in [4.69, 9.17) is 0 Å². The van der Waals surface area contributed by atoms with Crippen LogP contribution in [0.15, 0.2) is 23.8 Å². The summed E-state index contributed by atoms with van der Waals surface area (Å²) < 4.78 is 2.92. The van der Waals surface area contributed by atoms with Crippen LogP contribution in [0.3, 0.4) is 0 Å². The van der Waals surface area contributed by atoms with Gasteiger partial charge in [0, 0.05) is 12.6 Å². The number of hydrogen-bond acceptors (Lipinski definition) is 3. The first kappa shape index (κ1) is 26.5. The molecule has 2 heterocycles. The summed E-state index contributed by atoms with van der Waals surface area (Å²) in [5.41, 5.74) is 0. The fourth-order valence-electron chi connectivity index (χ4n) is 5.00. The predicted octanol–water partition coefficient (Wildman–Crippen LogP) is 8.33. The molecule has 0 aromatic carbocycles. The van der Waals surface area contributed by atoms with Crippen molar-refractivity contribution in [1.29, 1.82) is 0 Å². The first-order valence-electron chi connectivity index (χ1n) is 13.4. The molecule has 2 aliphatic rings. The van der Waals surface area contributed by atoms with Crippen LogP contribution in [0.4, 0.5) is 0 Å². The zero-order valence-electron chi connectivity index (χ0n) is 20.4. The second-order valence-corrected chi connectivity index (χ2v) is 10.7. The van der Waals surface area contributed by atoms with Gasteiger partial charge in [0.1, 0.15) is 0 Å². The Morgan fingerprint density at radius 2 is 1.35 bits per heavy atom. The molecular formula is C27H49N2OS+. The second-order valence-electron chi connectivity index (χ2n) is 9.73. The third kappa shape index (κ3) is 11.1. The largest absolute Gasteiger partial charge is 0.315 e. The second kappa shape index (κ2) is 16.8. The van der Waals surface area contributed by atoms with Crippen molar-refractivity contribution in [2.45, 2.75) is 122 Å². The maximum Gasteiger partial charge on any atom is 0.315 e. The van der Waals surface area contributed by atoms with E-state index in [1.165, 1.54) is 103 Å². The Hall–Kier alpha value is -0.740. The predicted molar refractivity (Wildman–Crippen MR) is 136 cm³/mol. The molecule has 0 radical (unpaired) electrons. The van der Waals surface area contributed by atoms with Crippen LogP contribution in [0.25, 0.3) is 0 Å². The Bertz CT molecular complexity index is 533. The summed E-state index contributed by atoms with van der Waals surface area (Å²) in [7, 11) is 0. The molecule has 1 saturated heterocycles. The molecule has 1 amide bonds. The van der Waals surface area contributed by atoms with E-state index in [-0.39, 0.29) is 0 Å². The lowest BCUT2D eigenvalue weighted by Gasteiger charge is -2.35. The van der Waals surface area contributed by atoms with E-state index < -0.39 is 0 Å². The van der Waals surface area contributed by atoms with Crippen molar-refractivity contribution >= 4 is 17.9 Å². The van der Waals surface area contributed by atoms with Gasteiger partial charge in [-0.3, -0.25) is 4.31 Å². The quantitative estimate of drug-likeness (QED) is 0.112. The summed E-state index contributed by atoms with van der Waals surface area (Å²) >= 11 is 1.71. The molecule has 31 heavy (non-hydrogen) atoms. The average Bonchev–Trinajstić information content (AvgIpc) is 3.14. The normalized spacial score (nSPS) is 20.8. The first-order valence-corrected chi connectivity index (χ1v) is 14.3. The summed E-state index contributed by atoms with van der Waals surface area (Å²) in [6.45, 7) is 5.20. The lowest BCUT2D eigenvalue weighted by molar-refractivity contribution is -0.854. The molecule has 2 aliphatic heterocycles. The van der Waals surface area contributed by atoms with Gasteiger partial charge >= 0.3 is 5.91 Å². The highest BCUT2D eigenvalue weighted by Crippen LogP contribution is 2.27. The standard InChI is InChI=1S/C27H49N2OS/c1-2-3-4-5-6-7-8-9-10-11-12-13-14-15-16-18-23-29(24-20-21-27(29)30)26-28-22-17-19-25-31-28/h17,19,22,25H,2-16,18,20-21,23-24,26H2,1H3/q+1. The third-order valence-electron chi connectivity index (χ3n) is 6.99. The van der Waals surface area contributed by atoms with Gasteiger partial charge in [-0.1, -0.05) is 103 Å². The smallest absolute Gasteiger partial charge is 0.270 e. The number of carbonyl (C=O) groups is 1. The van der Waals surface area contributed by atoms with Crippen LogP contribution >= 0.6 is 11.9 Å². The summed E-state index contributed by atoms with van der Waals surface area (Å²) in [5.74, 6) is 0.463. The third-order valence-corrected chi connectivity index (χ3v) is 7.78. The van der Waals surface area contributed by atoms with Crippen molar-refractivity contribution in [3.8, 4) is 0 Å². The van der Waals surface area contributed by atoms with Crippen LogP contribution in [0, 0.1) is 0 Å². The Labute approximate surface area is 197 Å². The molecule has 0 aromatic heterocycles. The van der Waals surface area contributed by atoms with Gasteiger partial charge < -0.3 is 0 Å². The zero-order chi connectivity index (χ0) is 22.0. The van der Waals surface area contributed by atoms with Crippen LogP contribution in [-0.2, 0) is 4.79 Å². The molecule has 0 aromatic rings. The van der Waals surface area contributed by atoms with Crippen molar-refractivity contribution in [3.05, 3.63) is 23.8 Å². The molecule has 0 N–H and O–H groups in total. The molecule has 0 spiro atoms. The number of likely N-dealkylation sites (tertiary alicyclic amines) is 1. The maximum absolute atomic E-state index is 12.7. The van der Waals surface area contributed by atoms with Crippen molar-refractivity contribution in [2.75, 3.05) is 19.8 Å². The van der Waals surface area contributed by atoms with Crippen molar-refractivity contribution in [2.24, 2.45) is 0 Å². The minimum atomic E-state index is 0.463. The number of nitrogens with zero attached hydrogens (tertiary/aromatic N) is 2. The van der Waals surface area contributed by atoms with Gasteiger partial charge in [0.05, 0.1) is 19.5 Å². The molecule has 3 nitrogen and oxygen atoms in total. The van der Waals surface area contributed by atoms with E-state index in [1.807, 2.05) is 0 Å². The summed E-state index contributed by atoms with van der Waals surface area (Å²) in [6, 6.07) is 0. The lowest BCUT2D eigenvalue weighted by Crippen LogP contribution is -2.53. The molecule has 0 aliphatic carbocycles. The molecule has 178 valence electrons. The number of quaternary nitrogens is 1. The van der Waals surface area contributed by atoms with Crippen molar-refractivity contribution < 1.29 is 9.28 Å². The molecule has 1 unspecified atom stereocenters. The molecular weight excluding hydrogens is 400 g/mol. The molecule has 0 saturated carbocycles. The van der Waals surface area contributed by atoms with Gasteiger partial charge in [-0.25, -0.2) is 9.28 Å². The fourth-order valence-corrected chi connectivity index (χ4v) is 5.75. The number of carbonyl (C=O) groups excluding carboxylic acids is 1. The monoisotopic (exact) mass is 449 g/mol.